The Morgan fingerprint density at radius 3 is 2.57 bits per heavy atom. The van der Waals surface area contributed by atoms with Crippen LogP contribution in [-0.2, 0) is 4.79 Å². The Balaban J connectivity index is 2.25. The number of nitrogens with one attached hydrogen (secondary N) is 1. The summed E-state index contributed by atoms with van der Waals surface area (Å²) in [6.07, 6.45) is 1.13. The van der Waals surface area contributed by atoms with E-state index in [0.717, 1.165) is 6.08 Å². The standard InChI is InChI=1S/C17H11FN2O3/c18-15-7-2-1-4-11(15)8-13(10-19)16(21)20-14-6-3-5-12(9-14)17(22)23/h1-9H,(H,20,21)(H,22,23)/b13-8-. The number of carbonyl (C=O) groups is 2. The lowest BCUT2D eigenvalue weighted by Gasteiger charge is -2.05. The van der Waals surface area contributed by atoms with Crippen LogP contribution in [0.3, 0.4) is 0 Å². The second-order valence-corrected chi connectivity index (χ2v) is 4.53. The number of hydrogen-bond acceptors (Lipinski definition) is 3. The molecule has 114 valence electrons. The quantitative estimate of drug-likeness (QED) is 0.670. The van der Waals surface area contributed by atoms with Gasteiger partial charge in [-0.25, -0.2) is 9.18 Å². The van der Waals surface area contributed by atoms with Gasteiger partial charge < -0.3 is 10.4 Å². The lowest BCUT2D eigenvalue weighted by Crippen LogP contribution is -2.14. The molecule has 23 heavy (non-hydrogen) atoms. The number of amides is 1. The SMILES string of the molecule is N#C/C(=C/c1ccccc1F)C(=O)Nc1cccc(C(=O)O)c1. The van der Waals surface area contributed by atoms with E-state index in [2.05, 4.69) is 5.32 Å². The highest BCUT2D eigenvalue weighted by Crippen LogP contribution is 2.15. The lowest BCUT2D eigenvalue weighted by molar-refractivity contribution is -0.112. The smallest absolute Gasteiger partial charge is 0.335 e. The Hall–Kier alpha value is -3.46. The molecule has 0 heterocycles. The first-order valence-corrected chi connectivity index (χ1v) is 6.52. The Kier molecular flexibility index (Phi) is 4.85. The van der Waals surface area contributed by atoms with Crippen molar-refractivity contribution in [3.8, 4) is 6.07 Å². The van der Waals surface area contributed by atoms with Gasteiger partial charge in [0.15, 0.2) is 0 Å². The number of anilines is 1. The molecule has 0 bridgehead atoms. The first kappa shape index (κ1) is 15.9. The average molecular weight is 310 g/mol. The molecule has 1 amide bonds. The van der Waals surface area contributed by atoms with Crippen molar-refractivity contribution in [3.63, 3.8) is 0 Å². The third-order valence-corrected chi connectivity index (χ3v) is 2.94. The molecule has 0 aliphatic rings. The molecule has 0 saturated heterocycles. The van der Waals surface area contributed by atoms with E-state index in [-0.39, 0.29) is 22.4 Å². The number of nitrogens with zero attached hydrogens (tertiary/aromatic N) is 1. The Morgan fingerprint density at radius 2 is 1.91 bits per heavy atom. The fourth-order valence-corrected chi connectivity index (χ4v) is 1.82. The average Bonchev–Trinajstić information content (AvgIpc) is 2.54. The second-order valence-electron chi connectivity index (χ2n) is 4.53. The molecule has 5 nitrogen and oxygen atoms in total. The van der Waals surface area contributed by atoms with E-state index in [0.29, 0.717) is 0 Å². The molecule has 0 aliphatic carbocycles. The highest BCUT2D eigenvalue weighted by Gasteiger charge is 2.12. The fraction of sp³-hybridized carbons (Fsp3) is 0. The number of aromatic carboxylic acids is 1. The molecular weight excluding hydrogens is 299 g/mol. The number of nitriles is 1. The Labute approximate surface area is 131 Å². The van der Waals surface area contributed by atoms with Gasteiger partial charge in [-0.3, -0.25) is 4.79 Å². The number of carboxylic acid groups (broad SMARTS) is 1. The first-order valence-electron chi connectivity index (χ1n) is 6.52. The summed E-state index contributed by atoms with van der Waals surface area (Å²) in [6.45, 7) is 0. The van der Waals surface area contributed by atoms with Crippen LogP contribution in [0.25, 0.3) is 6.08 Å². The van der Waals surface area contributed by atoms with Crippen molar-refractivity contribution in [2.24, 2.45) is 0 Å². The molecule has 2 aromatic carbocycles. The van der Waals surface area contributed by atoms with Crippen molar-refractivity contribution >= 4 is 23.6 Å². The highest BCUT2D eigenvalue weighted by atomic mass is 19.1. The van der Waals surface area contributed by atoms with Crippen molar-refractivity contribution in [1.29, 1.82) is 5.26 Å². The maximum atomic E-state index is 13.6. The zero-order valence-electron chi connectivity index (χ0n) is 11.8. The number of rotatable bonds is 4. The molecule has 0 saturated carbocycles. The van der Waals surface area contributed by atoms with Gasteiger partial charge >= 0.3 is 5.97 Å². The summed E-state index contributed by atoms with van der Waals surface area (Å²) in [5.41, 5.74) is 0.0401. The Bertz CT molecular complexity index is 838. The summed E-state index contributed by atoms with van der Waals surface area (Å²) >= 11 is 0. The zero-order valence-corrected chi connectivity index (χ0v) is 11.8. The predicted octanol–water partition coefficient (Wildman–Crippen LogP) is 3.07. The first-order chi connectivity index (χ1) is 11.0. The van der Waals surface area contributed by atoms with Gasteiger partial charge in [0.1, 0.15) is 17.5 Å². The number of halogens is 1. The molecule has 6 heteroatoms. The summed E-state index contributed by atoms with van der Waals surface area (Å²) in [5, 5.41) is 20.4. The third kappa shape index (κ3) is 4.02. The zero-order chi connectivity index (χ0) is 16.8. The summed E-state index contributed by atoms with van der Waals surface area (Å²) in [7, 11) is 0. The molecule has 0 radical (unpaired) electrons. The normalized spacial score (nSPS) is 10.7. The topological polar surface area (TPSA) is 90.2 Å². The minimum atomic E-state index is -1.14. The van der Waals surface area contributed by atoms with Crippen molar-refractivity contribution in [3.05, 3.63) is 71.0 Å². The van der Waals surface area contributed by atoms with Crippen LogP contribution in [0.4, 0.5) is 10.1 Å². The van der Waals surface area contributed by atoms with E-state index in [1.165, 1.54) is 42.5 Å². The van der Waals surface area contributed by atoms with Crippen molar-refractivity contribution < 1.29 is 19.1 Å². The number of benzene rings is 2. The largest absolute Gasteiger partial charge is 0.478 e. The van der Waals surface area contributed by atoms with Gasteiger partial charge in [-0.2, -0.15) is 5.26 Å². The van der Waals surface area contributed by atoms with Gasteiger partial charge in [0.05, 0.1) is 5.56 Å². The molecule has 2 rings (SSSR count). The molecule has 0 unspecified atom stereocenters. The monoisotopic (exact) mass is 310 g/mol. The van der Waals surface area contributed by atoms with E-state index >= 15 is 0 Å². The minimum absolute atomic E-state index is 0.000564. The maximum Gasteiger partial charge on any atom is 0.335 e. The van der Waals surface area contributed by atoms with Gasteiger partial charge in [-0.15, -0.1) is 0 Å². The third-order valence-electron chi connectivity index (χ3n) is 2.94. The molecule has 0 spiro atoms. The summed E-state index contributed by atoms with van der Waals surface area (Å²) < 4.78 is 13.6. The van der Waals surface area contributed by atoms with Crippen LogP contribution < -0.4 is 5.32 Å². The highest BCUT2D eigenvalue weighted by molar-refractivity contribution is 6.10. The van der Waals surface area contributed by atoms with Crippen LogP contribution in [0, 0.1) is 17.1 Å². The number of carboxylic acids is 1. The molecule has 0 aromatic heterocycles. The van der Waals surface area contributed by atoms with Crippen molar-refractivity contribution in [2.45, 2.75) is 0 Å². The fourth-order valence-electron chi connectivity index (χ4n) is 1.82. The van der Waals surface area contributed by atoms with Crippen molar-refractivity contribution in [2.75, 3.05) is 5.32 Å². The summed E-state index contributed by atoms with van der Waals surface area (Å²) in [6, 6.07) is 13.0. The minimum Gasteiger partial charge on any atom is -0.478 e. The molecule has 0 fully saturated rings. The molecule has 2 N–H and O–H groups in total. The molecule has 0 aliphatic heterocycles. The predicted molar refractivity (Wildman–Crippen MR) is 82.0 cm³/mol. The van der Waals surface area contributed by atoms with Crippen LogP contribution in [0.2, 0.25) is 0 Å². The molecular formula is C17H11FN2O3. The van der Waals surface area contributed by atoms with E-state index < -0.39 is 17.7 Å². The second kappa shape index (κ2) is 7.00. The van der Waals surface area contributed by atoms with E-state index in [1.807, 2.05) is 0 Å². The molecule has 0 atom stereocenters. The number of carbonyl (C=O) groups excluding carboxylic acids is 1. The van der Waals surface area contributed by atoms with Gasteiger partial charge in [0.2, 0.25) is 0 Å². The number of hydrogen-bond donors (Lipinski definition) is 2. The van der Waals surface area contributed by atoms with E-state index in [9.17, 15) is 14.0 Å². The Morgan fingerprint density at radius 1 is 1.17 bits per heavy atom. The van der Waals surface area contributed by atoms with Gasteiger partial charge in [0.25, 0.3) is 5.91 Å². The van der Waals surface area contributed by atoms with Crippen LogP contribution in [0.15, 0.2) is 54.1 Å². The van der Waals surface area contributed by atoms with Crippen molar-refractivity contribution in [1.82, 2.24) is 0 Å². The van der Waals surface area contributed by atoms with E-state index in [1.54, 1.807) is 12.1 Å². The van der Waals surface area contributed by atoms with E-state index in [4.69, 9.17) is 10.4 Å². The van der Waals surface area contributed by atoms with Crippen LogP contribution in [0.5, 0.6) is 0 Å². The maximum absolute atomic E-state index is 13.6. The van der Waals surface area contributed by atoms with Crippen LogP contribution >= 0.6 is 0 Å². The van der Waals surface area contributed by atoms with Crippen LogP contribution in [-0.4, -0.2) is 17.0 Å². The summed E-state index contributed by atoms with van der Waals surface area (Å²) in [5.74, 6) is -2.44. The molecule has 2 aromatic rings. The van der Waals surface area contributed by atoms with Gasteiger partial charge in [-0.1, -0.05) is 24.3 Å². The van der Waals surface area contributed by atoms with Crippen LogP contribution in [0.1, 0.15) is 15.9 Å². The summed E-state index contributed by atoms with van der Waals surface area (Å²) in [4.78, 5) is 23.0. The van der Waals surface area contributed by atoms with Gasteiger partial charge in [-0.05, 0) is 30.3 Å². The lowest BCUT2D eigenvalue weighted by atomic mass is 10.1. The van der Waals surface area contributed by atoms with Gasteiger partial charge in [0, 0.05) is 11.3 Å².